The van der Waals surface area contributed by atoms with Gasteiger partial charge in [-0.15, -0.1) is 10.2 Å². The summed E-state index contributed by atoms with van der Waals surface area (Å²) in [6.45, 7) is 4.06. The van der Waals surface area contributed by atoms with Crippen molar-refractivity contribution in [3.8, 4) is 5.69 Å². The van der Waals surface area contributed by atoms with Gasteiger partial charge in [0.1, 0.15) is 11.0 Å². The first-order valence-electron chi connectivity index (χ1n) is 9.78. The zero-order valence-corrected chi connectivity index (χ0v) is 18.6. The molecule has 1 aromatic heterocycles. The summed E-state index contributed by atoms with van der Waals surface area (Å²) in [6.07, 6.45) is 0.982. The van der Waals surface area contributed by atoms with E-state index < -0.39 is 0 Å². The van der Waals surface area contributed by atoms with Crippen molar-refractivity contribution in [1.82, 2.24) is 20.3 Å². The van der Waals surface area contributed by atoms with Crippen LogP contribution in [0.3, 0.4) is 0 Å². The van der Waals surface area contributed by atoms with Crippen molar-refractivity contribution in [2.75, 3.05) is 5.32 Å². The molecule has 156 valence electrons. The number of thiocarbonyl (C=S) groups is 1. The van der Waals surface area contributed by atoms with Crippen LogP contribution >= 0.6 is 23.8 Å². The van der Waals surface area contributed by atoms with E-state index in [0.29, 0.717) is 16.1 Å². The van der Waals surface area contributed by atoms with Gasteiger partial charge in [0.15, 0.2) is 5.11 Å². The highest BCUT2D eigenvalue weighted by Gasteiger charge is 2.13. The third-order valence-electron chi connectivity index (χ3n) is 4.90. The minimum absolute atomic E-state index is 0.176. The number of amides is 1. The van der Waals surface area contributed by atoms with E-state index in [1.165, 1.54) is 5.56 Å². The van der Waals surface area contributed by atoms with Crippen LogP contribution in [0.2, 0.25) is 5.02 Å². The molecule has 0 aliphatic heterocycles. The van der Waals surface area contributed by atoms with Crippen molar-refractivity contribution in [3.05, 3.63) is 82.4 Å². The maximum absolute atomic E-state index is 12.4. The molecule has 4 aromatic rings. The van der Waals surface area contributed by atoms with E-state index in [2.05, 4.69) is 39.9 Å². The Hall–Kier alpha value is -3.29. The van der Waals surface area contributed by atoms with Gasteiger partial charge >= 0.3 is 0 Å². The third-order valence-corrected chi connectivity index (χ3v) is 5.43. The molecule has 4 rings (SSSR count). The average molecular weight is 450 g/mol. The van der Waals surface area contributed by atoms with E-state index in [4.69, 9.17) is 23.8 Å². The summed E-state index contributed by atoms with van der Waals surface area (Å²) in [7, 11) is 0. The Balaban J connectivity index is 1.53. The highest BCUT2D eigenvalue weighted by molar-refractivity contribution is 7.80. The van der Waals surface area contributed by atoms with Crippen LogP contribution in [0.25, 0.3) is 16.7 Å². The molecule has 1 amide bonds. The fraction of sp³-hybridized carbons (Fsp3) is 0.130. The maximum atomic E-state index is 12.4. The quantitative estimate of drug-likeness (QED) is 0.425. The molecule has 0 aliphatic rings. The number of carbonyl (C=O) groups is 1. The van der Waals surface area contributed by atoms with Crippen molar-refractivity contribution in [1.29, 1.82) is 0 Å². The largest absolute Gasteiger partial charge is 0.332 e. The number of aromatic nitrogens is 3. The van der Waals surface area contributed by atoms with E-state index in [1.807, 2.05) is 31.2 Å². The van der Waals surface area contributed by atoms with Crippen molar-refractivity contribution < 1.29 is 4.79 Å². The number of nitrogens with one attached hydrogen (secondary N) is 2. The molecule has 2 N–H and O–H groups in total. The zero-order chi connectivity index (χ0) is 22.0. The molecule has 0 fully saturated rings. The monoisotopic (exact) mass is 449 g/mol. The van der Waals surface area contributed by atoms with Crippen LogP contribution in [0.15, 0.2) is 60.7 Å². The Labute approximate surface area is 190 Å². The van der Waals surface area contributed by atoms with Gasteiger partial charge in [-0.25, -0.2) is 0 Å². The maximum Gasteiger partial charge on any atom is 0.258 e. The van der Waals surface area contributed by atoms with Gasteiger partial charge in [0.2, 0.25) is 0 Å². The van der Waals surface area contributed by atoms with Crippen LogP contribution in [-0.4, -0.2) is 26.0 Å². The molecule has 3 aromatic carbocycles. The van der Waals surface area contributed by atoms with Crippen LogP contribution in [0, 0.1) is 6.92 Å². The summed E-state index contributed by atoms with van der Waals surface area (Å²) >= 11 is 11.4. The second-order valence-electron chi connectivity index (χ2n) is 7.05. The molecule has 31 heavy (non-hydrogen) atoms. The number of hydrogen-bond acceptors (Lipinski definition) is 4. The molecule has 1 heterocycles. The van der Waals surface area contributed by atoms with Crippen LogP contribution in [0.1, 0.15) is 28.4 Å². The first-order valence-corrected chi connectivity index (χ1v) is 10.6. The van der Waals surface area contributed by atoms with Crippen LogP contribution in [0.5, 0.6) is 0 Å². The molecule has 0 saturated heterocycles. The fourth-order valence-electron chi connectivity index (χ4n) is 3.15. The Morgan fingerprint density at radius 1 is 1.06 bits per heavy atom. The molecule has 0 atom stereocenters. The molecule has 0 radical (unpaired) electrons. The third kappa shape index (κ3) is 4.57. The SMILES string of the molecule is CCc1ccc(-n2nc3cc(C)c(NC(=S)NC(=O)c4ccccc4Cl)cc3n2)cc1. The van der Waals surface area contributed by atoms with E-state index in [1.54, 1.807) is 29.1 Å². The topological polar surface area (TPSA) is 71.8 Å². The number of carbonyl (C=O) groups excluding carboxylic acids is 1. The number of nitrogens with zero attached hydrogens (tertiary/aromatic N) is 3. The second kappa shape index (κ2) is 8.83. The van der Waals surface area contributed by atoms with Crippen LogP contribution in [-0.2, 0) is 6.42 Å². The molecular formula is C23H20ClN5OS. The Bertz CT molecular complexity index is 1280. The van der Waals surface area contributed by atoms with Crippen molar-refractivity contribution >= 4 is 51.6 Å². The predicted octanol–water partition coefficient (Wildman–Crippen LogP) is 5.07. The van der Waals surface area contributed by atoms with E-state index in [9.17, 15) is 4.79 Å². The smallest absolute Gasteiger partial charge is 0.258 e. The van der Waals surface area contributed by atoms with Crippen LogP contribution in [0.4, 0.5) is 5.69 Å². The van der Waals surface area contributed by atoms with Gasteiger partial charge in [-0.3, -0.25) is 10.1 Å². The first kappa shape index (κ1) is 21.0. The normalized spacial score (nSPS) is 10.8. The van der Waals surface area contributed by atoms with Gasteiger partial charge in [-0.2, -0.15) is 4.80 Å². The lowest BCUT2D eigenvalue weighted by Crippen LogP contribution is -2.34. The van der Waals surface area contributed by atoms with Gasteiger partial charge in [-0.05, 0) is 73.1 Å². The lowest BCUT2D eigenvalue weighted by Gasteiger charge is -2.12. The lowest BCUT2D eigenvalue weighted by atomic mass is 10.2. The molecule has 0 saturated carbocycles. The second-order valence-corrected chi connectivity index (χ2v) is 7.87. The molecule has 8 heteroatoms. The van der Waals surface area contributed by atoms with Crippen molar-refractivity contribution in [2.24, 2.45) is 0 Å². The minimum Gasteiger partial charge on any atom is -0.332 e. The zero-order valence-electron chi connectivity index (χ0n) is 17.0. The predicted molar refractivity (Wildman–Crippen MR) is 128 cm³/mol. The van der Waals surface area contributed by atoms with Crippen LogP contribution < -0.4 is 10.6 Å². The highest BCUT2D eigenvalue weighted by atomic mass is 35.5. The number of rotatable bonds is 4. The Morgan fingerprint density at radius 3 is 2.42 bits per heavy atom. The number of halogens is 1. The van der Waals surface area contributed by atoms with Crippen molar-refractivity contribution in [2.45, 2.75) is 20.3 Å². The number of hydrogen-bond donors (Lipinski definition) is 2. The van der Waals surface area contributed by atoms with Gasteiger partial charge in [-0.1, -0.05) is 42.8 Å². The van der Waals surface area contributed by atoms with Gasteiger partial charge in [0.25, 0.3) is 5.91 Å². The fourth-order valence-corrected chi connectivity index (χ4v) is 3.58. The number of fused-ring (bicyclic) bond motifs is 1. The Kier molecular flexibility index (Phi) is 5.97. The van der Waals surface area contributed by atoms with Crippen molar-refractivity contribution in [3.63, 3.8) is 0 Å². The first-order chi connectivity index (χ1) is 14.9. The minimum atomic E-state index is -0.372. The molecular weight excluding hydrogens is 430 g/mol. The molecule has 0 bridgehead atoms. The summed E-state index contributed by atoms with van der Waals surface area (Å²) in [5.74, 6) is -0.372. The highest BCUT2D eigenvalue weighted by Crippen LogP contribution is 2.22. The molecule has 6 nitrogen and oxygen atoms in total. The summed E-state index contributed by atoms with van der Waals surface area (Å²) in [6, 6.07) is 18.7. The average Bonchev–Trinajstić information content (AvgIpc) is 3.17. The van der Waals surface area contributed by atoms with E-state index in [0.717, 1.165) is 28.9 Å². The number of anilines is 1. The summed E-state index contributed by atoms with van der Waals surface area (Å²) in [4.78, 5) is 14.0. The van der Waals surface area contributed by atoms with Gasteiger partial charge in [0.05, 0.1) is 16.3 Å². The van der Waals surface area contributed by atoms with Gasteiger partial charge in [0, 0.05) is 5.69 Å². The summed E-state index contributed by atoms with van der Waals surface area (Å²) < 4.78 is 0. The lowest BCUT2D eigenvalue weighted by molar-refractivity contribution is 0.0978. The molecule has 0 unspecified atom stereocenters. The number of benzene rings is 3. The summed E-state index contributed by atoms with van der Waals surface area (Å²) in [5.41, 5.74) is 5.66. The number of aryl methyl sites for hydroxylation is 2. The summed E-state index contributed by atoms with van der Waals surface area (Å²) in [5, 5.41) is 15.4. The molecule has 0 spiro atoms. The standard InChI is InChI=1S/C23H20ClN5OS/c1-3-15-8-10-16(11-9-15)29-27-20-12-14(2)19(13-21(20)28-29)25-23(31)26-22(30)17-6-4-5-7-18(17)24/h4-13H,3H2,1-2H3,(H2,25,26,30,31). The van der Waals surface area contributed by atoms with E-state index >= 15 is 0 Å². The van der Waals surface area contributed by atoms with E-state index in [-0.39, 0.29) is 11.0 Å². The molecule has 0 aliphatic carbocycles. The van der Waals surface area contributed by atoms with Gasteiger partial charge < -0.3 is 5.32 Å². The Morgan fingerprint density at radius 2 is 1.74 bits per heavy atom.